The molecular weight excluding hydrogens is 410 g/mol. The zero-order chi connectivity index (χ0) is 23.5. The molecule has 0 aromatic heterocycles. The predicted octanol–water partition coefficient (Wildman–Crippen LogP) is 3.70. The van der Waals surface area contributed by atoms with Crippen molar-refractivity contribution in [2.75, 3.05) is 30.4 Å². The van der Waals surface area contributed by atoms with Gasteiger partial charge in [0.15, 0.2) is 0 Å². The van der Waals surface area contributed by atoms with Gasteiger partial charge in [0.05, 0.1) is 25.8 Å². The number of anilines is 2. The van der Waals surface area contributed by atoms with E-state index in [2.05, 4.69) is 29.2 Å². The first kappa shape index (κ1) is 24.7. The van der Waals surface area contributed by atoms with Gasteiger partial charge in [-0.3, -0.25) is 9.59 Å². The Labute approximate surface area is 188 Å². The average molecular weight is 442 g/mol. The first-order valence-electron chi connectivity index (χ1n) is 10.7. The second-order valence-corrected chi connectivity index (χ2v) is 7.44. The quantitative estimate of drug-likeness (QED) is 0.487. The molecule has 3 N–H and O–H groups in total. The summed E-state index contributed by atoms with van der Waals surface area (Å²) >= 11 is 0. The molecule has 0 unspecified atom stereocenters. The number of phenolic OH excluding ortho intramolecular Hbond substituents is 1. The fourth-order valence-electron chi connectivity index (χ4n) is 3.26. The summed E-state index contributed by atoms with van der Waals surface area (Å²) in [7, 11) is 1.32. The third-order valence-electron chi connectivity index (χ3n) is 5.23. The van der Waals surface area contributed by atoms with Crippen molar-refractivity contribution in [2.45, 2.75) is 33.1 Å². The number of esters is 1. The van der Waals surface area contributed by atoms with Crippen LogP contribution in [-0.2, 0) is 20.7 Å². The highest BCUT2D eigenvalue weighted by Crippen LogP contribution is 2.28. The number of carbonyl (C=O) groups excluding carboxylic acids is 3. The van der Waals surface area contributed by atoms with Crippen molar-refractivity contribution in [3.8, 4) is 5.75 Å². The van der Waals surface area contributed by atoms with Gasteiger partial charge < -0.3 is 25.4 Å². The summed E-state index contributed by atoms with van der Waals surface area (Å²) in [5.41, 5.74) is 1.61. The number of nitrogens with one attached hydrogen (secondary N) is 2. The number of urea groups is 1. The van der Waals surface area contributed by atoms with Crippen molar-refractivity contribution >= 4 is 29.3 Å². The zero-order valence-corrected chi connectivity index (χ0v) is 18.8. The van der Waals surface area contributed by atoms with Crippen molar-refractivity contribution < 1.29 is 24.2 Å². The Morgan fingerprint density at radius 3 is 2.44 bits per heavy atom. The second-order valence-electron chi connectivity index (χ2n) is 7.44. The maximum atomic E-state index is 12.9. The van der Waals surface area contributed by atoms with Crippen molar-refractivity contribution in [3.05, 3.63) is 54.1 Å². The van der Waals surface area contributed by atoms with Gasteiger partial charge in [-0.1, -0.05) is 51.0 Å². The molecule has 8 nitrogen and oxygen atoms in total. The lowest BCUT2D eigenvalue weighted by molar-refractivity contribution is -0.139. The summed E-state index contributed by atoms with van der Waals surface area (Å²) in [6.07, 6.45) is 1.88. The van der Waals surface area contributed by atoms with E-state index in [9.17, 15) is 19.5 Å². The Kier molecular flexibility index (Phi) is 9.53. The van der Waals surface area contributed by atoms with Crippen LogP contribution in [-0.4, -0.2) is 43.2 Å². The fraction of sp³-hybridized carbons (Fsp3) is 0.375. The molecule has 0 aliphatic heterocycles. The standard InChI is InChI=1S/C24H31N3O5/c1-4-17(5-2)16-27(20-11-6-7-12-21(20)28)22(29)15-25-24(31)26-19-10-8-9-18(13-19)14-23(30)32-3/h6-13,17,28H,4-5,14-16H2,1-3H3,(H2,25,26,31). The highest BCUT2D eigenvalue weighted by molar-refractivity contribution is 5.99. The molecule has 172 valence electrons. The third-order valence-corrected chi connectivity index (χ3v) is 5.23. The van der Waals surface area contributed by atoms with Gasteiger partial charge in [-0.15, -0.1) is 0 Å². The molecule has 32 heavy (non-hydrogen) atoms. The van der Waals surface area contributed by atoms with E-state index in [1.807, 2.05) is 0 Å². The summed E-state index contributed by atoms with van der Waals surface area (Å²) in [5.74, 6) is -0.421. The number of methoxy groups -OCH3 is 1. The number of para-hydroxylation sites is 2. The summed E-state index contributed by atoms with van der Waals surface area (Å²) in [5, 5.41) is 15.5. The van der Waals surface area contributed by atoms with E-state index in [1.165, 1.54) is 18.1 Å². The molecule has 8 heteroatoms. The van der Waals surface area contributed by atoms with Crippen molar-refractivity contribution in [1.29, 1.82) is 0 Å². The maximum absolute atomic E-state index is 12.9. The van der Waals surface area contributed by atoms with Crippen LogP contribution in [0.5, 0.6) is 5.75 Å². The van der Waals surface area contributed by atoms with Gasteiger partial charge in [0.1, 0.15) is 5.75 Å². The number of nitrogens with zero attached hydrogens (tertiary/aromatic N) is 1. The molecule has 0 saturated carbocycles. The smallest absolute Gasteiger partial charge is 0.319 e. The van der Waals surface area contributed by atoms with E-state index in [0.29, 0.717) is 23.5 Å². The molecule has 0 aliphatic carbocycles. The second kappa shape index (κ2) is 12.3. The number of aromatic hydroxyl groups is 1. The number of phenols is 1. The van der Waals surface area contributed by atoms with Gasteiger partial charge in [-0.25, -0.2) is 4.79 Å². The summed E-state index contributed by atoms with van der Waals surface area (Å²) in [4.78, 5) is 38.2. The van der Waals surface area contributed by atoms with Crippen LogP contribution in [0.4, 0.5) is 16.2 Å². The lowest BCUT2D eigenvalue weighted by atomic mass is 10.0. The lowest BCUT2D eigenvalue weighted by Crippen LogP contribution is -2.43. The summed E-state index contributed by atoms with van der Waals surface area (Å²) in [6.45, 7) is 4.33. The van der Waals surface area contributed by atoms with Crippen LogP contribution in [0, 0.1) is 5.92 Å². The molecule has 2 rings (SSSR count). The largest absolute Gasteiger partial charge is 0.506 e. The van der Waals surface area contributed by atoms with Crippen LogP contribution in [0.3, 0.4) is 0 Å². The number of ether oxygens (including phenoxy) is 1. The molecule has 0 saturated heterocycles. The molecule has 2 aromatic rings. The third kappa shape index (κ3) is 7.30. The molecule has 2 aromatic carbocycles. The first-order chi connectivity index (χ1) is 15.4. The summed E-state index contributed by atoms with van der Waals surface area (Å²) < 4.78 is 4.65. The van der Waals surface area contributed by atoms with E-state index >= 15 is 0 Å². The molecule has 0 heterocycles. The number of rotatable bonds is 10. The number of hydrogen-bond acceptors (Lipinski definition) is 5. The van der Waals surface area contributed by atoms with Crippen molar-refractivity contribution in [1.82, 2.24) is 5.32 Å². The maximum Gasteiger partial charge on any atom is 0.319 e. The highest BCUT2D eigenvalue weighted by atomic mass is 16.5. The fourth-order valence-corrected chi connectivity index (χ4v) is 3.26. The van der Waals surface area contributed by atoms with Crippen molar-refractivity contribution in [3.63, 3.8) is 0 Å². The first-order valence-corrected chi connectivity index (χ1v) is 10.7. The molecule has 0 radical (unpaired) electrons. The molecule has 3 amide bonds. The van der Waals surface area contributed by atoms with Crippen LogP contribution < -0.4 is 15.5 Å². The topological polar surface area (TPSA) is 108 Å². The lowest BCUT2D eigenvalue weighted by Gasteiger charge is -2.27. The van der Waals surface area contributed by atoms with E-state index < -0.39 is 6.03 Å². The Balaban J connectivity index is 2.03. The van der Waals surface area contributed by atoms with Gasteiger partial charge in [0, 0.05) is 12.2 Å². The Morgan fingerprint density at radius 2 is 1.78 bits per heavy atom. The minimum absolute atomic E-state index is 0.0127. The number of hydrogen-bond donors (Lipinski definition) is 3. The molecule has 0 bridgehead atoms. The Morgan fingerprint density at radius 1 is 1.06 bits per heavy atom. The Hall–Kier alpha value is -3.55. The predicted molar refractivity (Wildman–Crippen MR) is 124 cm³/mol. The van der Waals surface area contributed by atoms with Crippen LogP contribution in [0.2, 0.25) is 0 Å². The number of carbonyl (C=O) groups is 3. The van der Waals surface area contributed by atoms with E-state index in [1.54, 1.807) is 42.5 Å². The molecule has 0 fully saturated rings. The van der Waals surface area contributed by atoms with Crippen LogP contribution in [0.1, 0.15) is 32.3 Å². The SMILES string of the molecule is CCC(CC)CN(C(=O)CNC(=O)Nc1cccc(CC(=O)OC)c1)c1ccccc1O. The van der Waals surface area contributed by atoms with Crippen LogP contribution in [0.25, 0.3) is 0 Å². The normalized spacial score (nSPS) is 10.5. The molecule has 0 spiro atoms. The monoisotopic (exact) mass is 441 g/mol. The zero-order valence-electron chi connectivity index (χ0n) is 18.8. The van der Waals surface area contributed by atoms with Crippen LogP contribution >= 0.6 is 0 Å². The summed E-state index contributed by atoms with van der Waals surface area (Å²) in [6, 6.07) is 12.9. The minimum Gasteiger partial charge on any atom is -0.506 e. The van der Waals surface area contributed by atoms with E-state index in [4.69, 9.17) is 0 Å². The van der Waals surface area contributed by atoms with E-state index in [0.717, 1.165) is 12.8 Å². The Bertz CT molecular complexity index is 927. The number of benzene rings is 2. The molecular formula is C24H31N3O5. The van der Waals surface area contributed by atoms with Crippen LogP contribution in [0.15, 0.2) is 48.5 Å². The van der Waals surface area contributed by atoms with E-state index in [-0.39, 0.29) is 36.5 Å². The van der Waals surface area contributed by atoms with Crippen molar-refractivity contribution in [2.24, 2.45) is 5.92 Å². The van der Waals surface area contributed by atoms with Gasteiger partial charge in [-0.05, 0) is 35.7 Å². The number of amides is 3. The average Bonchev–Trinajstić information content (AvgIpc) is 2.79. The molecule has 0 aliphatic rings. The highest BCUT2D eigenvalue weighted by Gasteiger charge is 2.22. The van der Waals surface area contributed by atoms with Gasteiger partial charge >= 0.3 is 12.0 Å². The van der Waals surface area contributed by atoms with Gasteiger partial charge in [-0.2, -0.15) is 0 Å². The van der Waals surface area contributed by atoms with Gasteiger partial charge in [0.25, 0.3) is 0 Å². The molecule has 0 atom stereocenters. The van der Waals surface area contributed by atoms with Gasteiger partial charge in [0.2, 0.25) is 5.91 Å². The minimum atomic E-state index is -0.548.